The van der Waals surface area contributed by atoms with Gasteiger partial charge in [0, 0.05) is 44.5 Å². The number of amides is 1. The minimum atomic E-state index is -0.782. The number of hydrogen-bond donors (Lipinski definition) is 3. The maximum Gasteiger partial charge on any atom is 0.247 e. The van der Waals surface area contributed by atoms with E-state index in [0.29, 0.717) is 34.3 Å². The first-order valence-corrected chi connectivity index (χ1v) is 11.3. The summed E-state index contributed by atoms with van der Waals surface area (Å²) in [5.74, 6) is 0.0716. The third-order valence-corrected chi connectivity index (χ3v) is 5.39. The summed E-state index contributed by atoms with van der Waals surface area (Å²) in [6.07, 6.45) is 6.17. The van der Waals surface area contributed by atoms with E-state index in [-0.39, 0.29) is 11.6 Å². The summed E-state index contributed by atoms with van der Waals surface area (Å²) in [7, 11) is 1.80. The number of ether oxygens (including phenoxy) is 2. The molecule has 5 rings (SSSR count). The average molecular weight is 502 g/mol. The van der Waals surface area contributed by atoms with E-state index in [1.807, 2.05) is 26.0 Å². The highest BCUT2D eigenvalue weighted by Gasteiger charge is 2.32. The fourth-order valence-corrected chi connectivity index (χ4v) is 3.77. The van der Waals surface area contributed by atoms with Crippen LogP contribution in [0.15, 0.2) is 67.6 Å². The van der Waals surface area contributed by atoms with Crippen molar-refractivity contribution in [1.29, 1.82) is 0 Å². The topological polar surface area (TPSA) is 115 Å². The number of nitrogens with one attached hydrogen (secondary N) is 3. The first kappa shape index (κ1) is 23.8. The number of aryl methyl sites for hydroxylation is 1. The van der Waals surface area contributed by atoms with Crippen molar-refractivity contribution in [2.45, 2.75) is 19.6 Å². The molecule has 0 spiro atoms. The van der Waals surface area contributed by atoms with Gasteiger partial charge in [0.1, 0.15) is 11.6 Å². The van der Waals surface area contributed by atoms with Gasteiger partial charge >= 0.3 is 0 Å². The third-order valence-electron chi connectivity index (χ3n) is 5.39. The quantitative estimate of drug-likeness (QED) is 0.299. The number of hydrogen-bond acceptors (Lipinski definition) is 8. The summed E-state index contributed by atoms with van der Waals surface area (Å²) in [4.78, 5) is 20.8. The molecule has 0 fully saturated rings. The van der Waals surface area contributed by atoms with Crippen LogP contribution in [0.2, 0.25) is 0 Å². The molecule has 0 bridgehead atoms. The van der Waals surface area contributed by atoms with Crippen LogP contribution in [-0.4, -0.2) is 31.4 Å². The second-order valence-electron chi connectivity index (χ2n) is 8.76. The molecule has 0 atom stereocenters. The first-order valence-electron chi connectivity index (χ1n) is 11.3. The summed E-state index contributed by atoms with van der Waals surface area (Å²) in [6.45, 7) is 7.08. The predicted octanol–water partition coefficient (Wildman–Crippen LogP) is 5.14. The van der Waals surface area contributed by atoms with Crippen molar-refractivity contribution in [2.24, 2.45) is 7.05 Å². The summed E-state index contributed by atoms with van der Waals surface area (Å²) in [5, 5.41) is 12.9. The lowest BCUT2D eigenvalue weighted by atomic mass is 10.1. The minimum absolute atomic E-state index is 0.107. The highest BCUT2D eigenvalue weighted by molar-refractivity contribution is 5.99. The van der Waals surface area contributed by atoms with Gasteiger partial charge in [0.15, 0.2) is 11.5 Å². The highest BCUT2D eigenvalue weighted by Crippen LogP contribution is 2.42. The van der Waals surface area contributed by atoms with Gasteiger partial charge in [-0.05, 0) is 42.0 Å². The zero-order valence-electron chi connectivity index (χ0n) is 20.4. The highest BCUT2D eigenvalue weighted by atomic mass is 19.1. The standard InChI is InChI=1S/C26H24FN7O3/c1-5-23(35)30-16-7-8-19(27)20(11-16)32-24-18(13-28-25(33-24)31-17-12-29-34(4)14-17)15-6-9-21-22(10-15)37-26(2,3)36-21/h5-14H,1H2,2-4H3,(H,30,35)(H2,28,31,32,33). The maximum atomic E-state index is 14.8. The van der Waals surface area contributed by atoms with Crippen molar-refractivity contribution in [3.63, 3.8) is 0 Å². The van der Waals surface area contributed by atoms with Crippen LogP contribution in [0.4, 0.5) is 33.2 Å². The number of benzene rings is 2. The van der Waals surface area contributed by atoms with Crippen LogP contribution in [-0.2, 0) is 11.8 Å². The summed E-state index contributed by atoms with van der Waals surface area (Å²) >= 11 is 0. The molecule has 2 aromatic carbocycles. The van der Waals surface area contributed by atoms with E-state index in [4.69, 9.17) is 9.47 Å². The van der Waals surface area contributed by atoms with Gasteiger partial charge in [0.25, 0.3) is 0 Å². The van der Waals surface area contributed by atoms with Crippen LogP contribution < -0.4 is 25.4 Å². The Morgan fingerprint density at radius 1 is 1.08 bits per heavy atom. The Hall–Kier alpha value is -4.93. The predicted molar refractivity (Wildman–Crippen MR) is 138 cm³/mol. The number of aromatic nitrogens is 4. The third kappa shape index (κ3) is 5.20. The number of anilines is 5. The molecule has 0 radical (unpaired) electrons. The van der Waals surface area contributed by atoms with E-state index in [1.165, 1.54) is 18.2 Å². The van der Waals surface area contributed by atoms with Crippen molar-refractivity contribution in [3.05, 3.63) is 73.5 Å². The molecule has 1 aliphatic rings. The summed E-state index contributed by atoms with van der Waals surface area (Å²) in [6, 6.07) is 9.64. The SMILES string of the molecule is C=CC(=O)Nc1ccc(F)c(Nc2nc(Nc3cnn(C)c3)ncc2-c2ccc3c(c2)OC(C)(C)O3)c1. The summed E-state index contributed by atoms with van der Waals surface area (Å²) < 4.78 is 28.1. The number of fused-ring (bicyclic) bond motifs is 1. The molecule has 2 aromatic heterocycles. The zero-order chi connectivity index (χ0) is 26.2. The van der Waals surface area contributed by atoms with Crippen molar-refractivity contribution in [2.75, 3.05) is 16.0 Å². The number of nitrogens with zero attached hydrogens (tertiary/aromatic N) is 4. The lowest BCUT2D eigenvalue weighted by Gasteiger charge is -2.16. The van der Waals surface area contributed by atoms with Crippen LogP contribution in [0.3, 0.4) is 0 Å². The van der Waals surface area contributed by atoms with Crippen molar-refractivity contribution in [3.8, 4) is 22.6 Å². The molecule has 0 saturated heterocycles. The molecular formula is C26H24FN7O3. The molecule has 37 heavy (non-hydrogen) atoms. The van der Waals surface area contributed by atoms with Crippen molar-refractivity contribution >= 4 is 34.7 Å². The number of carbonyl (C=O) groups excluding carboxylic acids is 1. The largest absolute Gasteiger partial charge is 0.449 e. The van der Waals surface area contributed by atoms with Gasteiger partial charge in [0.2, 0.25) is 17.6 Å². The Bertz CT molecular complexity index is 1520. The van der Waals surface area contributed by atoms with Gasteiger partial charge in [-0.2, -0.15) is 10.1 Å². The zero-order valence-corrected chi connectivity index (χ0v) is 20.4. The first-order chi connectivity index (χ1) is 17.7. The summed E-state index contributed by atoms with van der Waals surface area (Å²) in [5.41, 5.74) is 2.51. The Labute approximate surface area is 212 Å². The van der Waals surface area contributed by atoms with Gasteiger partial charge < -0.3 is 25.4 Å². The van der Waals surface area contributed by atoms with E-state index < -0.39 is 17.5 Å². The Balaban J connectivity index is 1.54. The van der Waals surface area contributed by atoms with Crippen LogP contribution in [0, 0.1) is 5.82 Å². The van der Waals surface area contributed by atoms with E-state index in [2.05, 4.69) is 37.6 Å². The number of halogens is 1. The number of rotatable bonds is 7. The van der Waals surface area contributed by atoms with Gasteiger partial charge in [-0.3, -0.25) is 9.48 Å². The molecule has 3 N–H and O–H groups in total. The fourth-order valence-electron chi connectivity index (χ4n) is 3.77. The molecule has 3 heterocycles. The molecule has 10 nitrogen and oxygen atoms in total. The molecule has 188 valence electrons. The molecule has 1 amide bonds. The molecule has 11 heteroatoms. The van der Waals surface area contributed by atoms with E-state index in [9.17, 15) is 9.18 Å². The van der Waals surface area contributed by atoms with E-state index in [0.717, 1.165) is 11.6 Å². The lowest BCUT2D eigenvalue weighted by molar-refractivity contribution is -0.111. The smallest absolute Gasteiger partial charge is 0.247 e. The van der Waals surface area contributed by atoms with Gasteiger partial charge in [0.05, 0.1) is 17.6 Å². The average Bonchev–Trinajstić information content (AvgIpc) is 3.40. The molecule has 1 aliphatic heterocycles. The van der Waals surface area contributed by atoms with Gasteiger partial charge in [-0.25, -0.2) is 9.37 Å². The molecule has 4 aromatic rings. The van der Waals surface area contributed by atoms with Crippen LogP contribution in [0.25, 0.3) is 11.1 Å². The molecular weight excluding hydrogens is 477 g/mol. The lowest BCUT2D eigenvalue weighted by Crippen LogP contribution is -2.29. The Morgan fingerprint density at radius 2 is 1.89 bits per heavy atom. The number of carbonyl (C=O) groups is 1. The molecule has 0 unspecified atom stereocenters. The normalized spacial score (nSPS) is 13.2. The van der Waals surface area contributed by atoms with Crippen LogP contribution >= 0.6 is 0 Å². The van der Waals surface area contributed by atoms with Crippen LogP contribution in [0.1, 0.15) is 13.8 Å². The van der Waals surface area contributed by atoms with E-state index >= 15 is 0 Å². The maximum absolute atomic E-state index is 14.8. The van der Waals surface area contributed by atoms with E-state index in [1.54, 1.807) is 36.4 Å². The van der Waals surface area contributed by atoms with Crippen molar-refractivity contribution < 1.29 is 18.7 Å². The monoisotopic (exact) mass is 501 g/mol. The van der Waals surface area contributed by atoms with Gasteiger partial charge in [-0.1, -0.05) is 12.6 Å². The molecule has 0 aliphatic carbocycles. The van der Waals surface area contributed by atoms with Crippen LogP contribution in [0.5, 0.6) is 11.5 Å². The minimum Gasteiger partial charge on any atom is -0.449 e. The van der Waals surface area contributed by atoms with Crippen molar-refractivity contribution in [1.82, 2.24) is 19.7 Å². The Morgan fingerprint density at radius 3 is 2.65 bits per heavy atom. The second kappa shape index (κ2) is 9.26. The van der Waals surface area contributed by atoms with Gasteiger partial charge in [-0.15, -0.1) is 0 Å². The molecule has 0 saturated carbocycles. The second-order valence-corrected chi connectivity index (χ2v) is 8.76. The fraction of sp³-hybridized carbons (Fsp3) is 0.154. The Kier molecular flexibility index (Phi) is 5.96.